The molecule has 7 heteroatoms. The standard InChI is InChI=1S/C23H31N2O4P/c24-14-20-5-4-6-21(13-20)16-25(23(26)22-7-2-1-3-8-22)15-18-9-11-19(12-10-18)17-30(27,28)29/h4-6,9-13,22H,1-3,7-8,14-17,24H2,(H2,27,28,29). The van der Waals surface area contributed by atoms with Crippen molar-refractivity contribution in [1.82, 2.24) is 4.90 Å². The van der Waals surface area contributed by atoms with Crippen LogP contribution < -0.4 is 5.73 Å². The molecule has 0 radical (unpaired) electrons. The van der Waals surface area contributed by atoms with Crippen LogP contribution in [0, 0.1) is 5.92 Å². The summed E-state index contributed by atoms with van der Waals surface area (Å²) in [6.07, 6.45) is 5.01. The molecule has 3 rings (SSSR count). The summed E-state index contributed by atoms with van der Waals surface area (Å²) in [6, 6.07) is 15.2. The third-order valence-electron chi connectivity index (χ3n) is 5.65. The Morgan fingerprint density at radius 2 is 1.53 bits per heavy atom. The topological polar surface area (TPSA) is 104 Å². The van der Waals surface area contributed by atoms with Crippen LogP contribution in [-0.2, 0) is 35.2 Å². The minimum Gasteiger partial charge on any atom is -0.334 e. The lowest BCUT2D eigenvalue weighted by molar-refractivity contribution is -0.137. The molecule has 0 atom stereocenters. The summed E-state index contributed by atoms with van der Waals surface area (Å²) in [5.74, 6) is 0.262. The molecule has 4 N–H and O–H groups in total. The molecule has 0 aromatic heterocycles. The van der Waals surface area contributed by atoms with Gasteiger partial charge in [-0.3, -0.25) is 9.36 Å². The van der Waals surface area contributed by atoms with Crippen molar-refractivity contribution >= 4 is 13.5 Å². The summed E-state index contributed by atoms with van der Waals surface area (Å²) in [5, 5.41) is 0. The summed E-state index contributed by atoms with van der Waals surface area (Å²) in [6.45, 7) is 1.46. The van der Waals surface area contributed by atoms with E-state index in [0.717, 1.165) is 42.4 Å². The highest BCUT2D eigenvalue weighted by atomic mass is 31.2. The first kappa shape index (κ1) is 22.7. The Balaban J connectivity index is 1.77. The Morgan fingerprint density at radius 3 is 2.17 bits per heavy atom. The van der Waals surface area contributed by atoms with E-state index in [4.69, 9.17) is 15.5 Å². The lowest BCUT2D eigenvalue weighted by Crippen LogP contribution is -2.36. The van der Waals surface area contributed by atoms with Crippen molar-refractivity contribution in [3.63, 3.8) is 0 Å². The van der Waals surface area contributed by atoms with Gasteiger partial charge in [0.25, 0.3) is 0 Å². The first-order valence-electron chi connectivity index (χ1n) is 10.5. The number of benzene rings is 2. The van der Waals surface area contributed by atoms with Crippen LogP contribution in [0.2, 0.25) is 0 Å². The average molecular weight is 430 g/mol. The van der Waals surface area contributed by atoms with Crippen LogP contribution in [0.5, 0.6) is 0 Å². The Morgan fingerprint density at radius 1 is 0.933 bits per heavy atom. The number of hydrogen-bond donors (Lipinski definition) is 3. The second kappa shape index (κ2) is 10.4. The minimum atomic E-state index is -4.09. The zero-order valence-electron chi connectivity index (χ0n) is 17.2. The fourth-order valence-electron chi connectivity index (χ4n) is 4.10. The molecule has 0 heterocycles. The van der Waals surface area contributed by atoms with Gasteiger partial charge in [0.05, 0.1) is 6.16 Å². The second-order valence-corrected chi connectivity index (χ2v) is 9.84. The fourth-order valence-corrected chi connectivity index (χ4v) is 4.79. The quantitative estimate of drug-likeness (QED) is 0.551. The summed E-state index contributed by atoms with van der Waals surface area (Å²) in [5.41, 5.74) is 9.41. The highest BCUT2D eigenvalue weighted by Gasteiger charge is 2.26. The molecule has 0 saturated heterocycles. The van der Waals surface area contributed by atoms with E-state index in [1.165, 1.54) is 6.42 Å². The molecule has 1 aliphatic carbocycles. The van der Waals surface area contributed by atoms with Gasteiger partial charge in [-0.1, -0.05) is 67.8 Å². The molecule has 1 saturated carbocycles. The molecule has 2 aromatic rings. The molecule has 162 valence electrons. The van der Waals surface area contributed by atoms with Crippen molar-refractivity contribution in [2.24, 2.45) is 11.7 Å². The summed E-state index contributed by atoms with van der Waals surface area (Å²) >= 11 is 0. The van der Waals surface area contributed by atoms with Gasteiger partial charge in [0, 0.05) is 25.6 Å². The highest BCUT2D eigenvalue weighted by molar-refractivity contribution is 7.50. The van der Waals surface area contributed by atoms with E-state index < -0.39 is 7.60 Å². The van der Waals surface area contributed by atoms with Gasteiger partial charge in [0.1, 0.15) is 0 Å². The third kappa shape index (κ3) is 6.78. The molecule has 6 nitrogen and oxygen atoms in total. The minimum absolute atomic E-state index is 0.0744. The first-order valence-corrected chi connectivity index (χ1v) is 12.3. The van der Waals surface area contributed by atoms with Crippen molar-refractivity contribution < 1.29 is 19.1 Å². The molecule has 0 unspecified atom stereocenters. The lowest BCUT2D eigenvalue weighted by Gasteiger charge is -2.30. The van der Waals surface area contributed by atoms with Crippen LogP contribution in [0.1, 0.15) is 54.4 Å². The SMILES string of the molecule is NCc1cccc(CN(Cc2ccc(CP(=O)(O)O)cc2)C(=O)C2CCCCC2)c1. The molecule has 0 aliphatic heterocycles. The van der Waals surface area contributed by atoms with E-state index in [1.807, 2.05) is 41.3 Å². The zero-order valence-corrected chi connectivity index (χ0v) is 18.1. The van der Waals surface area contributed by atoms with E-state index in [0.29, 0.717) is 25.2 Å². The maximum atomic E-state index is 13.3. The van der Waals surface area contributed by atoms with E-state index in [-0.39, 0.29) is 18.0 Å². The van der Waals surface area contributed by atoms with Crippen LogP contribution in [0.3, 0.4) is 0 Å². The van der Waals surface area contributed by atoms with Gasteiger partial charge in [-0.25, -0.2) is 0 Å². The molecule has 2 aromatic carbocycles. The Labute approximate surface area is 178 Å². The van der Waals surface area contributed by atoms with Gasteiger partial charge in [-0.05, 0) is 35.1 Å². The van der Waals surface area contributed by atoms with E-state index in [9.17, 15) is 9.36 Å². The Hall–Kier alpha value is -1.98. The molecule has 30 heavy (non-hydrogen) atoms. The van der Waals surface area contributed by atoms with Gasteiger partial charge in [-0.15, -0.1) is 0 Å². The van der Waals surface area contributed by atoms with Gasteiger partial charge in [0.15, 0.2) is 0 Å². The van der Waals surface area contributed by atoms with Crippen LogP contribution in [-0.4, -0.2) is 20.6 Å². The van der Waals surface area contributed by atoms with Gasteiger partial charge in [-0.2, -0.15) is 0 Å². The van der Waals surface area contributed by atoms with Crippen molar-refractivity contribution in [2.45, 2.75) is 57.9 Å². The summed E-state index contributed by atoms with van der Waals surface area (Å²) in [7, 11) is -4.09. The molecular formula is C23H31N2O4P. The van der Waals surface area contributed by atoms with E-state index in [2.05, 4.69) is 0 Å². The number of carbonyl (C=O) groups is 1. The number of nitrogens with two attached hydrogens (primary N) is 1. The molecule has 1 fully saturated rings. The van der Waals surface area contributed by atoms with Crippen LogP contribution in [0.25, 0.3) is 0 Å². The number of hydrogen-bond acceptors (Lipinski definition) is 3. The number of nitrogens with zero attached hydrogens (tertiary/aromatic N) is 1. The van der Waals surface area contributed by atoms with Crippen molar-refractivity contribution in [1.29, 1.82) is 0 Å². The third-order valence-corrected chi connectivity index (χ3v) is 6.43. The number of rotatable bonds is 8. The van der Waals surface area contributed by atoms with Crippen molar-refractivity contribution in [2.75, 3.05) is 0 Å². The monoisotopic (exact) mass is 430 g/mol. The smallest absolute Gasteiger partial charge is 0.329 e. The lowest BCUT2D eigenvalue weighted by atomic mass is 9.88. The Bertz CT molecular complexity index is 888. The predicted octanol–water partition coefficient (Wildman–Crippen LogP) is 3.93. The molecular weight excluding hydrogens is 399 g/mol. The van der Waals surface area contributed by atoms with Crippen LogP contribution >= 0.6 is 7.60 Å². The number of amides is 1. The maximum absolute atomic E-state index is 13.3. The largest absolute Gasteiger partial charge is 0.334 e. The summed E-state index contributed by atoms with van der Waals surface area (Å²) in [4.78, 5) is 33.5. The van der Waals surface area contributed by atoms with Gasteiger partial charge >= 0.3 is 7.60 Å². The normalized spacial score (nSPS) is 15.2. The number of carbonyl (C=O) groups excluding carboxylic acids is 1. The van der Waals surface area contributed by atoms with E-state index in [1.54, 1.807) is 12.1 Å². The molecule has 0 spiro atoms. The predicted molar refractivity (Wildman–Crippen MR) is 117 cm³/mol. The van der Waals surface area contributed by atoms with Gasteiger partial charge < -0.3 is 20.4 Å². The van der Waals surface area contributed by atoms with Crippen LogP contribution in [0.15, 0.2) is 48.5 Å². The molecule has 1 aliphatic rings. The average Bonchev–Trinajstić information content (AvgIpc) is 2.74. The van der Waals surface area contributed by atoms with Crippen molar-refractivity contribution in [3.8, 4) is 0 Å². The van der Waals surface area contributed by atoms with Crippen LogP contribution in [0.4, 0.5) is 0 Å². The molecule has 1 amide bonds. The fraction of sp³-hybridized carbons (Fsp3) is 0.435. The maximum Gasteiger partial charge on any atom is 0.329 e. The molecule has 0 bridgehead atoms. The zero-order chi connectivity index (χ0) is 21.6. The highest BCUT2D eigenvalue weighted by Crippen LogP contribution is 2.39. The van der Waals surface area contributed by atoms with E-state index >= 15 is 0 Å². The Kier molecular flexibility index (Phi) is 7.84. The first-order chi connectivity index (χ1) is 14.3. The second-order valence-electron chi connectivity index (χ2n) is 8.19. The summed E-state index contributed by atoms with van der Waals surface area (Å²) < 4.78 is 11.2. The van der Waals surface area contributed by atoms with Gasteiger partial charge in [0.2, 0.25) is 5.91 Å². The van der Waals surface area contributed by atoms with Crippen molar-refractivity contribution in [3.05, 3.63) is 70.8 Å².